The van der Waals surface area contributed by atoms with Crippen LogP contribution in [0.5, 0.6) is 0 Å². The molecule has 1 amide bonds. The highest BCUT2D eigenvalue weighted by atomic mass is 16.2. The lowest BCUT2D eigenvalue weighted by atomic mass is 9.71. The number of aryl methyl sites for hydroxylation is 1. The summed E-state index contributed by atoms with van der Waals surface area (Å²) in [6, 6.07) is 3.71. The Morgan fingerprint density at radius 3 is 2.92 bits per heavy atom. The Morgan fingerprint density at radius 2 is 2.12 bits per heavy atom. The van der Waals surface area contributed by atoms with Gasteiger partial charge in [-0.25, -0.2) is 4.98 Å². The summed E-state index contributed by atoms with van der Waals surface area (Å²) in [6.07, 6.45) is 13.1. The van der Waals surface area contributed by atoms with E-state index in [0.29, 0.717) is 5.65 Å². The van der Waals surface area contributed by atoms with Crippen LogP contribution in [0, 0.1) is 12.3 Å². The second-order valence-corrected chi connectivity index (χ2v) is 7.46. The van der Waals surface area contributed by atoms with Crippen LogP contribution in [-0.2, 0) is 0 Å². The van der Waals surface area contributed by atoms with Crippen molar-refractivity contribution in [2.24, 2.45) is 5.41 Å². The van der Waals surface area contributed by atoms with Crippen LogP contribution in [0.2, 0.25) is 0 Å². The first-order chi connectivity index (χ1) is 12.1. The van der Waals surface area contributed by atoms with E-state index in [0.717, 1.165) is 50.8 Å². The molecule has 0 radical (unpaired) electrons. The molecule has 1 aliphatic carbocycles. The maximum absolute atomic E-state index is 13.0. The molecule has 1 saturated heterocycles. The molecule has 2 aromatic heterocycles. The highest BCUT2D eigenvalue weighted by molar-refractivity contribution is 5.93. The molecule has 25 heavy (non-hydrogen) atoms. The van der Waals surface area contributed by atoms with Crippen LogP contribution in [-0.4, -0.2) is 33.3 Å². The number of fused-ring (bicyclic) bond motifs is 1. The van der Waals surface area contributed by atoms with Crippen LogP contribution in [0.1, 0.15) is 48.0 Å². The molecule has 4 rings (SSSR count). The number of carbonyl (C=O) groups is 1. The summed E-state index contributed by atoms with van der Waals surface area (Å²) in [7, 11) is 0. The zero-order valence-electron chi connectivity index (χ0n) is 14.6. The summed E-state index contributed by atoms with van der Waals surface area (Å²) in [5.74, 6) is -0.179. The number of likely N-dealkylation sites (tertiary alicyclic amines) is 1. The molecule has 1 spiro atoms. The van der Waals surface area contributed by atoms with Crippen LogP contribution in [0.3, 0.4) is 0 Å². The molecule has 1 aliphatic heterocycles. The van der Waals surface area contributed by atoms with Crippen molar-refractivity contribution in [2.75, 3.05) is 13.1 Å². The molecule has 0 aromatic carbocycles. The van der Waals surface area contributed by atoms with Gasteiger partial charge in [0.15, 0.2) is 0 Å². The second kappa shape index (κ2) is 6.14. The molecule has 2 aliphatic rings. The number of allylic oxidation sites excluding steroid dienone is 2. The van der Waals surface area contributed by atoms with Gasteiger partial charge in [0.25, 0.3) is 11.5 Å². The van der Waals surface area contributed by atoms with E-state index in [1.807, 2.05) is 17.9 Å². The molecular weight excluding hydrogens is 314 g/mol. The third-order valence-electron chi connectivity index (χ3n) is 5.59. The lowest BCUT2D eigenvalue weighted by Gasteiger charge is -2.43. The van der Waals surface area contributed by atoms with E-state index < -0.39 is 0 Å². The predicted molar refractivity (Wildman–Crippen MR) is 96.8 cm³/mol. The fraction of sp³-hybridized carbons (Fsp3) is 0.450. The number of hydrogen-bond acceptors (Lipinski definition) is 3. The van der Waals surface area contributed by atoms with Crippen LogP contribution in [0.15, 0.2) is 41.5 Å². The van der Waals surface area contributed by atoms with Gasteiger partial charge in [-0.3, -0.25) is 14.0 Å². The molecule has 0 N–H and O–H groups in total. The van der Waals surface area contributed by atoms with Crippen molar-refractivity contribution in [3.63, 3.8) is 0 Å². The van der Waals surface area contributed by atoms with Crippen molar-refractivity contribution in [3.05, 3.63) is 58.2 Å². The number of rotatable bonds is 1. The quantitative estimate of drug-likeness (QED) is 0.752. The van der Waals surface area contributed by atoms with Gasteiger partial charge in [0.2, 0.25) is 0 Å². The van der Waals surface area contributed by atoms with Crippen molar-refractivity contribution in [3.8, 4) is 0 Å². The van der Waals surface area contributed by atoms with Gasteiger partial charge in [0.05, 0.1) is 0 Å². The SMILES string of the molecule is Cc1ccc2ncc(C(=O)N3CCC[C@]4(CC=CCC4)C3)c(=O)n2c1. The summed E-state index contributed by atoms with van der Waals surface area (Å²) in [6.45, 7) is 3.39. The normalized spacial score (nSPS) is 23.3. The number of pyridine rings is 1. The van der Waals surface area contributed by atoms with Crippen molar-refractivity contribution in [1.82, 2.24) is 14.3 Å². The molecular formula is C20H23N3O2. The molecule has 5 heteroatoms. The molecule has 1 atom stereocenters. The van der Waals surface area contributed by atoms with E-state index in [1.165, 1.54) is 10.6 Å². The summed E-state index contributed by atoms with van der Waals surface area (Å²) in [5.41, 5.74) is 1.62. The number of nitrogens with zero attached hydrogens (tertiary/aromatic N) is 3. The molecule has 3 heterocycles. The van der Waals surface area contributed by atoms with Gasteiger partial charge in [-0.2, -0.15) is 0 Å². The molecule has 0 bridgehead atoms. The monoisotopic (exact) mass is 337 g/mol. The van der Waals surface area contributed by atoms with Crippen LogP contribution >= 0.6 is 0 Å². The van der Waals surface area contributed by atoms with Crippen molar-refractivity contribution in [2.45, 2.75) is 39.0 Å². The fourth-order valence-electron chi connectivity index (χ4n) is 4.19. The minimum absolute atomic E-state index is 0.173. The first-order valence-corrected chi connectivity index (χ1v) is 9.00. The van der Waals surface area contributed by atoms with E-state index in [4.69, 9.17) is 0 Å². The van der Waals surface area contributed by atoms with Gasteiger partial charge in [-0.05, 0) is 56.1 Å². The Balaban J connectivity index is 1.66. The molecule has 5 nitrogen and oxygen atoms in total. The van der Waals surface area contributed by atoms with Gasteiger partial charge in [0, 0.05) is 25.5 Å². The average Bonchev–Trinajstić information content (AvgIpc) is 2.63. The second-order valence-electron chi connectivity index (χ2n) is 7.46. The standard InChI is InChI=1S/C20H23N3O2/c1-15-6-7-17-21-12-16(19(25)23(17)13-15)18(24)22-11-5-10-20(14-22)8-3-2-4-9-20/h2-3,6-7,12-13H,4-5,8-11,14H2,1H3/t20-/m1/s1. The van der Waals surface area contributed by atoms with Gasteiger partial charge in [0.1, 0.15) is 11.2 Å². The number of carbonyl (C=O) groups excluding carboxylic acids is 1. The molecule has 130 valence electrons. The number of aromatic nitrogens is 2. The van der Waals surface area contributed by atoms with E-state index in [2.05, 4.69) is 17.1 Å². The van der Waals surface area contributed by atoms with Crippen molar-refractivity contribution >= 4 is 11.6 Å². The average molecular weight is 337 g/mol. The molecule has 0 saturated carbocycles. The van der Waals surface area contributed by atoms with Gasteiger partial charge < -0.3 is 4.90 Å². The smallest absolute Gasteiger partial charge is 0.270 e. The Hall–Kier alpha value is -2.43. The first kappa shape index (κ1) is 16.1. The highest BCUT2D eigenvalue weighted by Crippen LogP contribution is 2.40. The molecule has 2 aromatic rings. The highest BCUT2D eigenvalue weighted by Gasteiger charge is 2.37. The maximum atomic E-state index is 13.0. The summed E-state index contributed by atoms with van der Waals surface area (Å²) in [5, 5.41) is 0. The Kier molecular flexibility index (Phi) is 3.94. The fourth-order valence-corrected chi connectivity index (χ4v) is 4.19. The van der Waals surface area contributed by atoms with E-state index in [9.17, 15) is 9.59 Å². The zero-order valence-corrected chi connectivity index (χ0v) is 14.6. The topological polar surface area (TPSA) is 54.7 Å². The Labute approximate surface area is 147 Å². The van der Waals surface area contributed by atoms with Crippen molar-refractivity contribution in [1.29, 1.82) is 0 Å². The predicted octanol–water partition coefficient (Wildman–Crippen LogP) is 2.97. The summed E-state index contributed by atoms with van der Waals surface area (Å²) in [4.78, 5) is 32.0. The van der Waals surface area contributed by atoms with Crippen molar-refractivity contribution < 1.29 is 4.79 Å². The maximum Gasteiger partial charge on any atom is 0.270 e. The molecule has 1 fully saturated rings. The van der Waals surface area contributed by atoms with Gasteiger partial charge >= 0.3 is 0 Å². The number of piperidine rings is 1. The van der Waals surface area contributed by atoms with Gasteiger partial charge in [-0.15, -0.1) is 0 Å². The lowest BCUT2D eigenvalue weighted by molar-refractivity contribution is 0.0482. The summed E-state index contributed by atoms with van der Waals surface area (Å²) >= 11 is 0. The van der Waals surface area contributed by atoms with Crippen LogP contribution in [0.25, 0.3) is 5.65 Å². The Morgan fingerprint density at radius 1 is 1.24 bits per heavy atom. The number of amides is 1. The number of hydrogen-bond donors (Lipinski definition) is 0. The van der Waals surface area contributed by atoms with E-state index in [-0.39, 0.29) is 22.4 Å². The molecule has 0 unspecified atom stereocenters. The lowest BCUT2D eigenvalue weighted by Crippen LogP contribution is -2.47. The third-order valence-corrected chi connectivity index (χ3v) is 5.59. The first-order valence-electron chi connectivity index (χ1n) is 9.00. The van der Waals surface area contributed by atoms with Crippen LogP contribution in [0.4, 0.5) is 0 Å². The third kappa shape index (κ3) is 2.88. The minimum Gasteiger partial charge on any atom is -0.338 e. The van der Waals surface area contributed by atoms with E-state index >= 15 is 0 Å². The summed E-state index contributed by atoms with van der Waals surface area (Å²) < 4.78 is 1.48. The van der Waals surface area contributed by atoms with E-state index in [1.54, 1.807) is 12.3 Å². The van der Waals surface area contributed by atoms with Crippen LogP contribution < -0.4 is 5.56 Å². The van der Waals surface area contributed by atoms with Gasteiger partial charge in [-0.1, -0.05) is 18.2 Å². The zero-order chi connectivity index (χ0) is 17.4. The largest absolute Gasteiger partial charge is 0.338 e. The minimum atomic E-state index is -0.276. The Bertz CT molecular complexity index is 915.